The third-order valence-corrected chi connectivity index (χ3v) is 6.25. The van der Waals surface area contributed by atoms with Crippen molar-refractivity contribution in [1.29, 1.82) is 0 Å². The number of sulfonamides is 1. The van der Waals surface area contributed by atoms with E-state index in [0.29, 0.717) is 5.82 Å². The number of hydrogen-bond acceptors (Lipinski definition) is 7. The number of carbonyl (C=O) groups excluding carboxylic acids is 1. The lowest BCUT2D eigenvalue weighted by Crippen LogP contribution is -2.26. The molecule has 0 atom stereocenters. The number of fused-ring (bicyclic) bond motifs is 1. The van der Waals surface area contributed by atoms with Crippen molar-refractivity contribution in [1.82, 2.24) is 14.9 Å². The van der Waals surface area contributed by atoms with Gasteiger partial charge < -0.3 is 9.26 Å². The fraction of sp³-hybridized carbons (Fsp3) is 0.174. The van der Waals surface area contributed by atoms with Gasteiger partial charge in [0.2, 0.25) is 15.8 Å². The largest absolute Gasteiger partial charge is 0.456 e. The summed E-state index contributed by atoms with van der Waals surface area (Å²) in [7, 11) is -3.74. The average Bonchev–Trinajstić information content (AvgIpc) is 3.27. The fourth-order valence-corrected chi connectivity index (χ4v) is 4.12. The number of rotatable bonds is 8. The molecule has 0 radical (unpaired) electrons. The Balaban J connectivity index is 1.27. The normalized spacial score (nSPS) is 11.5. The molecular formula is C23H21N3O5S. The average molecular weight is 452 g/mol. The van der Waals surface area contributed by atoms with Crippen molar-refractivity contribution in [2.75, 3.05) is 6.54 Å². The SMILES string of the molecule is Cc1ccc(-c2noc(COC(=O)CCNS(=O)(=O)c3ccc4ccccc4c3)n2)cc1. The van der Waals surface area contributed by atoms with E-state index in [-0.39, 0.29) is 30.4 Å². The zero-order valence-corrected chi connectivity index (χ0v) is 18.1. The number of nitrogens with zero attached hydrogens (tertiary/aromatic N) is 2. The highest BCUT2D eigenvalue weighted by Gasteiger charge is 2.16. The molecule has 0 bridgehead atoms. The predicted molar refractivity (Wildman–Crippen MR) is 118 cm³/mol. The van der Waals surface area contributed by atoms with Crippen molar-refractivity contribution in [3.8, 4) is 11.4 Å². The van der Waals surface area contributed by atoms with Crippen LogP contribution in [0.5, 0.6) is 0 Å². The van der Waals surface area contributed by atoms with Gasteiger partial charge in [0, 0.05) is 12.1 Å². The Morgan fingerprint density at radius 3 is 2.56 bits per heavy atom. The molecule has 0 unspecified atom stereocenters. The minimum atomic E-state index is -3.74. The summed E-state index contributed by atoms with van der Waals surface area (Å²) in [5.41, 5.74) is 1.91. The van der Waals surface area contributed by atoms with Crippen LogP contribution in [0.4, 0.5) is 0 Å². The van der Waals surface area contributed by atoms with Gasteiger partial charge in [0.1, 0.15) is 0 Å². The first kappa shape index (κ1) is 21.7. The summed E-state index contributed by atoms with van der Waals surface area (Å²) in [6.07, 6.45) is -0.133. The second kappa shape index (κ2) is 9.29. The number of aromatic nitrogens is 2. The van der Waals surface area contributed by atoms with Gasteiger partial charge in [0.25, 0.3) is 5.89 Å². The van der Waals surface area contributed by atoms with E-state index in [4.69, 9.17) is 9.26 Å². The highest BCUT2D eigenvalue weighted by Crippen LogP contribution is 2.19. The van der Waals surface area contributed by atoms with Gasteiger partial charge in [-0.05, 0) is 29.8 Å². The summed E-state index contributed by atoms with van der Waals surface area (Å²) >= 11 is 0. The maximum atomic E-state index is 12.5. The van der Waals surface area contributed by atoms with E-state index in [1.807, 2.05) is 55.5 Å². The maximum Gasteiger partial charge on any atom is 0.307 e. The highest BCUT2D eigenvalue weighted by atomic mass is 32.2. The van der Waals surface area contributed by atoms with E-state index in [0.717, 1.165) is 21.9 Å². The number of nitrogens with one attached hydrogen (secondary N) is 1. The molecule has 0 amide bonds. The summed E-state index contributed by atoms with van der Waals surface area (Å²) in [5, 5.41) is 5.64. The first-order valence-corrected chi connectivity index (χ1v) is 11.4. The molecule has 3 aromatic carbocycles. The fourth-order valence-electron chi connectivity index (χ4n) is 3.05. The van der Waals surface area contributed by atoms with Gasteiger partial charge >= 0.3 is 5.97 Å². The van der Waals surface area contributed by atoms with Crippen LogP contribution in [0.2, 0.25) is 0 Å². The molecule has 9 heteroatoms. The number of hydrogen-bond donors (Lipinski definition) is 1. The lowest BCUT2D eigenvalue weighted by molar-refractivity contribution is -0.145. The van der Waals surface area contributed by atoms with Gasteiger partial charge in [-0.3, -0.25) is 4.79 Å². The van der Waals surface area contributed by atoms with Crippen molar-refractivity contribution < 1.29 is 22.5 Å². The van der Waals surface area contributed by atoms with Gasteiger partial charge in [-0.15, -0.1) is 0 Å². The van der Waals surface area contributed by atoms with Gasteiger partial charge in [-0.2, -0.15) is 4.98 Å². The second-order valence-corrected chi connectivity index (χ2v) is 8.96. The monoisotopic (exact) mass is 451 g/mol. The van der Waals surface area contributed by atoms with E-state index < -0.39 is 16.0 Å². The van der Waals surface area contributed by atoms with Crippen molar-refractivity contribution in [2.24, 2.45) is 0 Å². The molecule has 0 aliphatic carbocycles. The number of ether oxygens (including phenoxy) is 1. The van der Waals surface area contributed by atoms with Crippen molar-refractivity contribution in [3.63, 3.8) is 0 Å². The molecule has 8 nitrogen and oxygen atoms in total. The number of carbonyl (C=O) groups is 1. The number of aryl methyl sites for hydroxylation is 1. The maximum absolute atomic E-state index is 12.5. The van der Waals surface area contributed by atoms with E-state index >= 15 is 0 Å². The summed E-state index contributed by atoms with van der Waals surface area (Å²) in [6.45, 7) is 1.70. The van der Waals surface area contributed by atoms with Gasteiger partial charge in [0.05, 0.1) is 11.3 Å². The third-order valence-electron chi connectivity index (χ3n) is 4.79. The Morgan fingerprint density at radius 2 is 1.78 bits per heavy atom. The predicted octanol–water partition coefficient (Wildman–Crippen LogP) is 3.61. The lowest BCUT2D eigenvalue weighted by atomic mass is 10.1. The molecule has 0 spiro atoms. The van der Waals surface area contributed by atoms with Gasteiger partial charge in [0.15, 0.2) is 6.61 Å². The van der Waals surface area contributed by atoms with Crippen LogP contribution < -0.4 is 4.72 Å². The molecule has 4 rings (SSSR count). The number of benzene rings is 3. The van der Waals surface area contributed by atoms with Crippen molar-refractivity contribution in [3.05, 3.63) is 78.2 Å². The molecule has 164 valence electrons. The first-order valence-electron chi connectivity index (χ1n) is 9.94. The molecule has 0 aliphatic heterocycles. The van der Waals surface area contributed by atoms with Crippen molar-refractivity contribution in [2.45, 2.75) is 24.8 Å². The minimum Gasteiger partial charge on any atom is -0.456 e. The molecule has 32 heavy (non-hydrogen) atoms. The van der Waals surface area contributed by atoms with Crippen LogP contribution in [0.25, 0.3) is 22.2 Å². The Morgan fingerprint density at radius 1 is 1.03 bits per heavy atom. The Bertz CT molecular complexity index is 1350. The summed E-state index contributed by atoms with van der Waals surface area (Å²) in [4.78, 5) is 16.3. The quantitative estimate of drug-likeness (QED) is 0.407. The third kappa shape index (κ3) is 5.19. The van der Waals surface area contributed by atoms with Gasteiger partial charge in [-0.1, -0.05) is 65.3 Å². The molecule has 0 saturated heterocycles. The minimum absolute atomic E-state index is 0.0908. The molecule has 4 aromatic rings. The molecule has 0 aliphatic rings. The topological polar surface area (TPSA) is 111 Å². The smallest absolute Gasteiger partial charge is 0.307 e. The van der Waals surface area contributed by atoms with Crippen LogP contribution in [-0.4, -0.2) is 31.1 Å². The molecule has 1 N–H and O–H groups in total. The van der Waals surface area contributed by atoms with Gasteiger partial charge in [-0.25, -0.2) is 13.1 Å². The molecule has 1 aromatic heterocycles. The van der Waals surface area contributed by atoms with Crippen LogP contribution in [-0.2, 0) is 26.2 Å². The summed E-state index contributed by atoms with van der Waals surface area (Å²) in [6, 6.07) is 20.0. The Hall–Kier alpha value is -3.56. The molecule has 1 heterocycles. The highest BCUT2D eigenvalue weighted by molar-refractivity contribution is 7.89. The summed E-state index contributed by atoms with van der Waals surface area (Å²) in [5.74, 6) is -0.0221. The van der Waals surface area contributed by atoms with Crippen LogP contribution in [0.15, 0.2) is 76.1 Å². The van der Waals surface area contributed by atoms with Crippen molar-refractivity contribution >= 4 is 26.8 Å². The molecule has 0 saturated carbocycles. The van der Waals surface area contributed by atoms with E-state index in [2.05, 4.69) is 14.9 Å². The first-order chi connectivity index (χ1) is 15.4. The summed E-state index contributed by atoms with van der Waals surface area (Å²) < 4.78 is 37.6. The van der Waals surface area contributed by atoms with E-state index in [9.17, 15) is 13.2 Å². The van der Waals surface area contributed by atoms with E-state index in [1.165, 1.54) is 6.07 Å². The van der Waals surface area contributed by atoms with Crippen LogP contribution in [0, 0.1) is 6.92 Å². The second-order valence-electron chi connectivity index (χ2n) is 7.20. The van der Waals surface area contributed by atoms with Crippen LogP contribution in [0.3, 0.4) is 0 Å². The standard InChI is InChI=1S/C23H21N3O5S/c1-16-6-8-18(9-7-16)23-25-21(31-26-23)15-30-22(27)12-13-24-32(28,29)20-11-10-17-4-2-3-5-19(17)14-20/h2-11,14,24H,12-13,15H2,1H3. The molecular weight excluding hydrogens is 430 g/mol. The lowest BCUT2D eigenvalue weighted by Gasteiger charge is -2.08. The Kier molecular flexibility index (Phi) is 6.29. The Labute approximate surface area is 185 Å². The van der Waals surface area contributed by atoms with Crippen LogP contribution >= 0.6 is 0 Å². The zero-order chi connectivity index (χ0) is 22.6. The number of esters is 1. The van der Waals surface area contributed by atoms with Crippen LogP contribution in [0.1, 0.15) is 17.9 Å². The zero-order valence-electron chi connectivity index (χ0n) is 17.3. The van der Waals surface area contributed by atoms with E-state index in [1.54, 1.807) is 12.1 Å². The molecule has 0 fully saturated rings.